The molecule has 2 rings (SSSR count). The monoisotopic (exact) mass is 403 g/mol. The second kappa shape index (κ2) is 8.35. The van der Waals surface area contributed by atoms with Crippen molar-refractivity contribution in [2.24, 2.45) is 5.10 Å². The summed E-state index contributed by atoms with van der Waals surface area (Å²) in [6, 6.07) is 9.22. The average Bonchev–Trinajstić information content (AvgIpc) is 2.52. The van der Waals surface area contributed by atoms with E-state index in [2.05, 4.69) is 15.8 Å². The lowest BCUT2D eigenvalue weighted by atomic mass is 10.2. The smallest absolute Gasteiger partial charge is 0.316 e. The van der Waals surface area contributed by atoms with E-state index in [0.717, 1.165) is 0 Å². The average molecular weight is 405 g/mol. The van der Waals surface area contributed by atoms with Crippen molar-refractivity contribution in [3.63, 3.8) is 0 Å². The molecule has 0 saturated carbocycles. The minimum Gasteiger partial charge on any atom is -0.316 e. The van der Waals surface area contributed by atoms with E-state index >= 15 is 0 Å². The fourth-order valence-corrected chi connectivity index (χ4v) is 2.50. The third-order valence-electron chi connectivity index (χ3n) is 2.72. The van der Waals surface area contributed by atoms with E-state index in [1.54, 1.807) is 12.1 Å². The Morgan fingerprint density at radius 1 is 0.875 bits per heavy atom. The van der Waals surface area contributed by atoms with Gasteiger partial charge in [-0.25, -0.2) is 5.43 Å². The lowest BCUT2D eigenvalue weighted by molar-refractivity contribution is -0.136. The molecule has 0 bridgehead atoms. The lowest BCUT2D eigenvalue weighted by Gasteiger charge is -2.06. The minimum absolute atomic E-state index is 0.208. The van der Waals surface area contributed by atoms with Crippen LogP contribution in [0.5, 0.6) is 0 Å². The van der Waals surface area contributed by atoms with Gasteiger partial charge in [-0.15, -0.1) is 0 Å². The number of rotatable bonds is 3. The predicted octanol–water partition coefficient (Wildman–Crippen LogP) is 4.39. The summed E-state index contributed by atoms with van der Waals surface area (Å²) in [5.74, 6) is -1.90. The maximum atomic E-state index is 11.8. The second-order valence-electron chi connectivity index (χ2n) is 4.44. The van der Waals surface area contributed by atoms with Gasteiger partial charge in [-0.1, -0.05) is 52.5 Å². The molecule has 9 heteroatoms. The van der Waals surface area contributed by atoms with Crippen LogP contribution in [-0.4, -0.2) is 18.0 Å². The highest BCUT2D eigenvalue weighted by atomic mass is 35.5. The first kappa shape index (κ1) is 18.5. The van der Waals surface area contributed by atoms with Gasteiger partial charge in [0.2, 0.25) is 0 Å². The van der Waals surface area contributed by atoms with Gasteiger partial charge in [0.15, 0.2) is 0 Å². The van der Waals surface area contributed by atoms with Gasteiger partial charge in [0.05, 0.1) is 21.9 Å². The highest BCUT2D eigenvalue weighted by molar-refractivity contribution is 6.42. The molecule has 0 radical (unpaired) electrons. The van der Waals surface area contributed by atoms with Crippen molar-refractivity contribution in [2.45, 2.75) is 0 Å². The Morgan fingerprint density at radius 2 is 1.50 bits per heavy atom. The van der Waals surface area contributed by atoms with Gasteiger partial charge in [0, 0.05) is 15.6 Å². The Bertz CT molecular complexity index is 824. The summed E-state index contributed by atoms with van der Waals surface area (Å²) < 4.78 is 0. The maximum Gasteiger partial charge on any atom is 0.329 e. The molecule has 0 aliphatic rings. The highest BCUT2D eigenvalue weighted by Crippen LogP contribution is 2.25. The third kappa shape index (κ3) is 5.11. The summed E-state index contributed by atoms with van der Waals surface area (Å²) >= 11 is 23.4. The Kier molecular flexibility index (Phi) is 6.45. The first-order valence-electron chi connectivity index (χ1n) is 6.41. The molecule has 24 heavy (non-hydrogen) atoms. The third-order valence-corrected chi connectivity index (χ3v) is 3.83. The summed E-state index contributed by atoms with van der Waals surface area (Å²) in [7, 11) is 0. The van der Waals surface area contributed by atoms with E-state index in [0.29, 0.717) is 20.6 Å². The number of hydrazone groups is 1. The highest BCUT2D eigenvalue weighted by Gasteiger charge is 2.14. The Labute approximate surface area is 157 Å². The Morgan fingerprint density at radius 3 is 2.12 bits per heavy atom. The van der Waals surface area contributed by atoms with Gasteiger partial charge in [-0.05, 0) is 30.3 Å². The molecule has 0 aromatic heterocycles. The van der Waals surface area contributed by atoms with Gasteiger partial charge in [0.25, 0.3) is 0 Å². The number of nitrogens with zero attached hydrogens (tertiary/aromatic N) is 1. The topological polar surface area (TPSA) is 70.6 Å². The van der Waals surface area contributed by atoms with E-state index in [4.69, 9.17) is 46.4 Å². The number of hydrogen-bond donors (Lipinski definition) is 2. The molecule has 2 aromatic carbocycles. The molecule has 2 aromatic rings. The molecule has 0 unspecified atom stereocenters. The second-order valence-corrected chi connectivity index (χ2v) is 6.13. The predicted molar refractivity (Wildman–Crippen MR) is 97.3 cm³/mol. The summed E-state index contributed by atoms with van der Waals surface area (Å²) in [5.41, 5.74) is 2.87. The fourth-order valence-electron chi connectivity index (χ4n) is 1.59. The molecule has 0 spiro atoms. The molecule has 2 amide bonds. The van der Waals surface area contributed by atoms with Gasteiger partial charge < -0.3 is 5.32 Å². The van der Waals surface area contributed by atoms with Crippen LogP contribution in [0, 0.1) is 0 Å². The molecule has 0 saturated heterocycles. The molecular weight excluding hydrogens is 396 g/mol. The van der Waals surface area contributed by atoms with Crippen molar-refractivity contribution < 1.29 is 9.59 Å². The summed E-state index contributed by atoms with van der Waals surface area (Å²) in [4.78, 5) is 23.5. The number of hydrogen-bond acceptors (Lipinski definition) is 3. The van der Waals surface area contributed by atoms with E-state index in [1.807, 2.05) is 0 Å². The minimum atomic E-state index is -0.970. The lowest BCUT2D eigenvalue weighted by Crippen LogP contribution is -2.32. The van der Waals surface area contributed by atoms with Gasteiger partial charge in [-0.2, -0.15) is 5.10 Å². The van der Waals surface area contributed by atoms with Crippen molar-refractivity contribution in [3.8, 4) is 0 Å². The fraction of sp³-hybridized carbons (Fsp3) is 0. The zero-order valence-electron chi connectivity index (χ0n) is 11.8. The molecule has 0 aliphatic carbocycles. The molecule has 5 nitrogen and oxygen atoms in total. The number of carbonyl (C=O) groups excluding carboxylic acids is 2. The number of carbonyl (C=O) groups is 2. The van der Waals surface area contributed by atoms with Gasteiger partial charge in [-0.3, -0.25) is 9.59 Å². The molecule has 0 aliphatic heterocycles. The van der Waals surface area contributed by atoms with Crippen LogP contribution >= 0.6 is 46.4 Å². The van der Waals surface area contributed by atoms with Crippen LogP contribution < -0.4 is 10.7 Å². The van der Waals surface area contributed by atoms with Crippen molar-refractivity contribution in [1.29, 1.82) is 0 Å². The number of benzene rings is 2. The van der Waals surface area contributed by atoms with Crippen LogP contribution in [0.3, 0.4) is 0 Å². The van der Waals surface area contributed by atoms with E-state index in [1.165, 1.54) is 30.5 Å². The SMILES string of the molecule is O=C(NN=Cc1ccc(Cl)cc1Cl)C(=O)Nc1ccc(Cl)cc1Cl. The summed E-state index contributed by atoms with van der Waals surface area (Å²) in [5, 5.41) is 7.46. The Hall–Kier alpha value is -1.79. The van der Waals surface area contributed by atoms with Crippen molar-refractivity contribution in [2.75, 3.05) is 5.32 Å². The van der Waals surface area contributed by atoms with Crippen molar-refractivity contribution in [1.82, 2.24) is 5.43 Å². The van der Waals surface area contributed by atoms with E-state index < -0.39 is 11.8 Å². The summed E-state index contributed by atoms with van der Waals surface area (Å²) in [6.07, 6.45) is 1.29. The molecule has 0 atom stereocenters. The molecule has 124 valence electrons. The van der Waals surface area contributed by atoms with Crippen LogP contribution in [0.25, 0.3) is 0 Å². The quantitative estimate of drug-likeness (QED) is 0.452. The zero-order valence-corrected chi connectivity index (χ0v) is 14.8. The van der Waals surface area contributed by atoms with E-state index in [-0.39, 0.29) is 10.7 Å². The van der Waals surface area contributed by atoms with Crippen LogP contribution in [0.1, 0.15) is 5.56 Å². The van der Waals surface area contributed by atoms with Crippen molar-refractivity contribution >= 4 is 70.1 Å². The number of amides is 2. The molecule has 0 fully saturated rings. The molecule has 2 N–H and O–H groups in total. The molecular formula is C15H9Cl4N3O2. The molecule has 0 heterocycles. The van der Waals surface area contributed by atoms with Gasteiger partial charge >= 0.3 is 11.8 Å². The maximum absolute atomic E-state index is 11.8. The first-order chi connectivity index (χ1) is 11.4. The van der Waals surface area contributed by atoms with Crippen molar-refractivity contribution in [3.05, 3.63) is 62.1 Å². The van der Waals surface area contributed by atoms with Crippen LogP contribution in [0.15, 0.2) is 41.5 Å². The van der Waals surface area contributed by atoms with Crippen LogP contribution in [0.2, 0.25) is 20.1 Å². The van der Waals surface area contributed by atoms with Gasteiger partial charge in [0.1, 0.15) is 0 Å². The first-order valence-corrected chi connectivity index (χ1v) is 7.92. The standard InChI is InChI=1S/C15H9Cl4N3O2/c16-9-2-1-8(11(18)5-9)7-20-22-15(24)14(23)21-13-4-3-10(17)6-12(13)19/h1-7H,(H,21,23)(H,22,24). The number of anilines is 1. The number of nitrogens with one attached hydrogen (secondary N) is 2. The number of halogens is 4. The van der Waals surface area contributed by atoms with Crippen LogP contribution in [0.4, 0.5) is 5.69 Å². The van der Waals surface area contributed by atoms with E-state index in [9.17, 15) is 9.59 Å². The van der Waals surface area contributed by atoms with Crippen LogP contribution in [-0.2, 0) is 9.59 Å². The summed E-state index contributed by atoms with van der Waals surface area (Å²) in [6.45, 7) is 0. The largest absolute Gasteiger partial charge is 0.329 e. The zero-order chi connectivity index (χ0) is 17.7. The normalized spacial score (nSPS) is 10.7. The Balaban J connectivity index is 1.96.